The Morgan fingerprint density at radius 2 is 1.63 bits per heavy atom. The highest BCUT2D eigenvalue weighted by molar-refractivity contribution is 5.85. The highest BCUT2D eigenvalue weighted by Gasteiger charge is 2.49. The molecule has 140 valence electrons. The molecule has 4 nitrogen and oxygen atoms in total. The van der Waals surface area contributed by atoms with Crippen molar-refractivity contribution in [2.24, 2.45) is 11.8 Å². The molecule has 2 fully saturated rings. The molecule has 1 aliphatic carbocycles. The minimum absolute atomic E-state index is 0.102. The fourth-order valence-corrected chi connectivity index (χ4v) is 4.09. The number of amides is 1. The molecule has 0 radical (unpaired) electrons. The smallest absolute Gasteiger partial charge is 0.308 e. The SMILES string of the molecule is O=C(O)[C@@H]1CN(C(=O)C2CC2c2ccc(F)c(F)c2)C[C@@H]1c1ccccc1. The van der Waals surface area contributed by atoms with Crippen LogP contribution in [-0.4, -0.2) is 35.0 Å². The van der Waals surface area contributed by atoms with Crippen LogP contribution in [0.3, 0.4) is 0 Å². The van der Waals surface area contributed by atoms with Crippen LogP contribution in [0.5, 0.6) is 0 Å². The van der Waals surface area contributed by atoms with Crippen LogP contribution >= 0.6 is 0 Å². The van der Waals surface area contributed by atoms with Crippen molar-refractivity contribution in [3.05, 3.63) is 71.3 Å². The van der Waals surface area contributed by atoms with E-state index in [0.717, 1.165) is 17.7 Å². The highest BCUT2D eigenvalue weighted by Crippen LogP contribution is 2.49. The number of carboxylic acid groups (broad SMARTS) is 1. The van der Waals surface area contributed by atoms with E-state index >= 15 is 0 Å². The number of carboxylic acids is 1. The van der Waals surface area contributed by atoms with Gasteiger partial charge in [-0.15, -0.1) is 0 Å². The van der Waals surface area contributed by atoms with Gasteiger partial charge in [-0.05, 0) is 35.6 Å². The third-order valence-corrected chi connectivity index (χ3v) is 5.66. The molecule has 2 aromatic carbocycles. The van der Waals surface area contributed by atoms with Gasteiger partial charge in [-0.25, -0.2) is 8.78 Å². The van der Waals surface area contributed by atoms with Crippen LogP contribution in [0.25, 0.3) is 0 Å². The van der Waals surface area contributed by atoms with Gasteiger partial charge in [0, 0.05) is 24.9 Å². The van der Waals surface area contributed by atoms with Crippen molar-refractivity contribution in [3.63, 3.8) is 0 Å². The molecular weight excluding hydrogens is 352 g/mol. The van der Waals surface area contributed by atoms with Crippen LogP contribution < -0.4 is 0 Å². The number of benzene rings is 2. The van der Waals surface area contributed by atoms with Crippen LogP contribution in [0, 0.1) is 23.5 Å². The minimum atomic E-state index is -0.915. The minimum Gasteiger partial charge on any atom is -0.481 e. The van der Waals surface area contributed by atoms with E-state index in [-0.39, 0.29) is 30.2 Å². The molecule has 27 heavy (non-hydrogen) atoms. The first-order chi connectivity index (χ1) is 13.0. The average molecular weight is 371 g/mol. The molecule has 0 bridgehead atoms. The lowest BCUT2D eigenvalue weighted by molar-refractivity contribution is -0.142. The van der Waals surface area contributed by atoms with Crippen LogP contribution in [0.2, 0.25) is 0 Å². The van der Waals surface area contributed by atoms with Gasteiger partial charge in [0.2, 0.25) is 5.91 Å². The van der Waals surface area contributed by atoms with Gasteiger partial charge in [0.1, 0.15) is 0 Å². The summed E-state index contributed by atoms with van der Waals surface area (Å²) in [6.45, 7) is 0.537. The summed E-state index contributed by atoms with van der Waals surface area (Å²) in [5.74, 6) is -4.14. The third-order valence-electron chi connectivity index (χ3n) is 5.66. The quantitative estimate of drug-likeness (QED) is 0.896. The van der Waals surface area contributed by atoms with Gasteiger partial charge < -0.3 is 10.0 Å². The first kappa shape index (κ1) is 17.6. The van der Waals surface area contributed by atoms with Gasteiger partial charge in [-0.3, -0.25) is 9.59 Å². The number of hydrogen-bond donors (Lipinski definition) is 1. The molecule has 0 spiro atoms. The van der Waals surface area contributed by atoms with Crippen LogP contribution in [0.15, 0.2) is 48.5 Å². The molecule has 2 aromatic rings. The highest BCUT2D eigenvalue weighted by atomic mass is 19.2. The Kier molecular flexibility index (Phi) is 4.42. The lowest BCUT2D eigenvalue weighted by atomic mass is 9.89. The van der Waals surface area contributed by atoms with Crippen LogP contribution in [-0.2, 0) is 9.59 Å². The molecule has 1 saturated heterocycles. The molecule has 1 aliphatic heterocycles. The number of hydrogen-bond acceptors (Lipinski definition) is 2. The van der Waals surface area contributed by atoms with Crippen molar-refractivity contribution in [1.82, 2.24) is 4.90 Å². The van der Waals surface area contributed by atoms with E-state index in [2.05, 4.69) is 0 Å². The number of likely N-dealkylation sites (tertiary alicyclic amines) is 1. The summed E-state index contributed by atoms with van der Waals surface area (Å²) < 4.78 is 26.5. The summed E-state index contributed by atoms with van der Waals surface area (Å²) in [6, 6.07) is 13.1. The molecular formula is C21H19F2NO3. The Morgan fingerprint density at radius 1 is 0.889 bits per heavy atom. The maximum Gasteiger partial charge on any atom is 0.308 e. The summed E-state index contributed by atoms with van der Waals surface area (Å²) in [4.78, 5) is 26.1. The second-order valence-corrected chi connectivity index (χ2v) is 7.33. The van der Waals surface area contributed by atoms with Gasteiger partial charge in [-0.2, -0.15) is 0 Å². The summed E-state index contributed by atoms with van der Waals surface area (Å²) in [6.07, 6.45) is 0.578. The second kappa shape index (κ2) is 6.76. The molecule has 1 amide bonds. The number of carbonyl (C=O) groups is 2. The molecule has 2 unspecified atom stereocenters. The van der Waals surface area contributed by atoms with Gasteiger partial charge in [0.25, 0.3) is 0 Å². The number of nitrogens with zero attached hydrogens (tertiary/aromatic N) is 1. The third kappa shape index (κ3) is 3.31. The van der Waals surface area contributed by atoms with E-state index < -0.39 is 23.5 Å². The van der Waals surface area contributed by atoms with Crippen LogP contribution in [0.4, 0.5) is 8.78 Å². The predicted octanol–water partition coefficient (Wildman–Crippen LogP) is 3.40. The van der Waals surface area contributed by atoms with Gasteiger partial charge >= 0.3 is 5.97 Å². The van der Waals surface area contributed by atoms with Crippen molar-refractivity contribution in [2.75, 3.05) is 13.1 Å². The Hall–Kier alpha value is -2.76. The van der Waals surface area contributed by atoms with Gasteiger partial charge in [0.05, 0.1) is 5.92 Å². The maximum absolute atomic E-state index is 13.4. The first-order valence-electron chi connectivity index (χ1n) is 8.97. The monoisotopic (exact) mass is 371 g/mol. The molecule has 6 heteroatoms. The molecule has 0 aromatic heterocycles. The Bertz CT molecular complexity index is 886. The molecule has 4 rings (SSSR count). The zero-order valence-electron chi connectivity index (χ0n) is 14.5. The maximum atomic E-state index is 13.4. The molecule has 1 saturated carbocycles. The number of rotatable bonds is 4. The standard InChI is InChI=1S/C21H19F2NO3/c22-18-7-6-13(8-19(18)23)14-9-15(14)20(25)24-10-16(17(11-24)21(26)27)12-4-2-1-3-5-12/h1-8,14-17H,9-11H2,(H,26,27)/t14?,15?,16-,17-/m1/s1. The second-order valence-electron chi connectivity index (χ2n) is 7.33. The lowest BCUT2D eigenvalue weighted by Crippen LogP contribution is -2.31. The summed E-state index contributed by atoms with van der Waals surface area (Å²) in [5.41, 5.74) is 1.52. The number of aliphatic carboxylic acids is 1. The van der Waals surface area contributed by atoms with E-state index in [4.69, 9.17) is 0 Å². The first-order valence-corrected chi connectivity index (χ1v) is 8.97. The van der Waals surface area contributed by atoms with Crippen molar-refractivity contribution in [3.8, 4) is 0 Å². The van der Waals surface area contributed by atoms with Gasteiger partial charge in [0.15, 0.2) is 11.6 Å². The molecule has 2 aliphatic rings. The predicted molar refractivity (Wildman–Crippen MR) is 94.1 cm³/mol. The molecule has 1 heterocycles. The van der Waals surface area contributed by atoms with E-state index in [9.17, 15) is 23.5 Å². The Morgan fingerprint density at radius 3 is 2.30 bits per heavy atom. The molecule has 4 atom stereocenters. The fourth-order valence-electron chi connectivity index (χ4n) is 4.09. The summed E-state index contributed by atoms with van der Waals surface area (Å²) in [5, 5.41) is 9.57. The average Bonchev–Trinajstić information content (AvgIpc) is 3.33. The van der Waals surface area contributed by atoms with Crippen molar-refractivity contribution in [2.45, 2.75) is 18.3 Å². The van der Waals surface area contributed by atoms with Gasteiger partial charge in [-0.1, -0.05) is 36.4 Å². The van der Waals surface area contributed by atoms with Crippen molar-refractivity contribution >= 4 is 11.9 Å². The molecule has 1 N–H and O–H groups in total. The van der Waals surface area contributed by atoms with E-state index in [1.165, 1.54) is 6.07 Å². The fraction of sp³-hybridized carbons (Fsp3) is 0.333. The largest absolute Gasteiger partial charge is 0.481 e. The summed E-state index contributed by atoms with van der Waals surface area (Å²) in [7, 11) is 0. The van der Waals surface area contributed by atoms with Crippen LogP contribution in [0.1, 0.15) is 29.4 Å². The zero-order chi connectivity index (χ0) is 19.1. The normalized spacial score (nSPS) is 26.8. The summed E-state index contributed by atoms with van der Waals surface area (Å²) >= 11 is 0. The number of carbonyl (C=O) groups excluding carboxylic acids is 1. The Labute approximate surface area is 155 Å². The topological polar surface area (TPSA) is 57.6 Å². The lowest BCUT2D eigenvalue weighted by Gasteiger charge is -2.17. The van der Waals surface area contributed by atoms with E-state index in [1.807, 2.05) is 30.3 Å². The number of halogens is 2. The zero-order valence-corrected chi connectivity index (χ0v) is 14.5. The van der Waals surface area contributed by atoms with E-state index in [1.54, 1.807) is 4.90 Å². The van der Waals surface area contributed by atoms with E-state index in [0.29, 0.717) is 18.5 Å². The Balaban J connectivity index is 1.48. The van der Waals surface area contributed by atoms with Crippen molar-refractivity contribution in [1.29, 1.82) is 0 Å². The van der Waals surface area contributed by atoms with Crippen molar-refractivity contribution < 1.29 is 23.5 Å².